The smallest absolute Gasteiger partial charge is 0.310 e. The summed E-state index contributed by atoms with van der Waals surface area (Å²) in [4.78, 5) is 24.5. The predicted octanol–water partition coefficient (Wildman–Crippen LogP) is 4.76. The number of ether oxygens (including phenoxy) is 2. The molecular weight excluding hydrogens is 449 g/mol. The number of aliphatic hydroxyl groups excluding tert-OH is 1. The van der Waals surface area contributed by atoms with Gasteiger partial charge in [-0.05, 0) is 60.4 Å². The predicted molar refractivity (Wildman–Crippen MR) is 133 cm³/mol. The topological polar surface area (TPSA) is 76.1 Å². The summed E-state index contributed by atoms with van der Waals surface area (Å²) in [5.74, 6) is -0.0898. The van der Waals surface area contributed by atoms with Crippen LogP contribution in [0.5, 0.6) is 5.75 Å². The molecule has 1 N–H and O–H groups in total. The molecule has 0 saturated heterocycles. The first kappa shape index (κ1) is 27.5. The average molecular weight is 482 g/mol. The number of carbonyl (C=O) groups is 2. The van der Waals surface area contributed by atoms with E-state index in [0.29, 0.717) is 24.5 Å². The van der Waals surface area contributed by atoms with E-state index in [-0.39, 0.29) is 31.4 Å². The molecule has 6 nitrogen and oxygen atoms in total. The highest BCUT2D eigenvalue weighted by atomic mass is 19.1. The van der Waals surface area contributed by atoms with Crippen LogP contribution in [0.1, 0.15) is 30.5 Å². The molecule has 0 bridgehead atoms. The number of halogens is 1. The Hall–Kier alpha value is -3.71. The number of hydrogen-bond donors (Lipinski definition) is 1. The Bertz CT molecular complexity index is 1090. The molecule has 0 spiro atoms. The molecule has 0 aromatic heterocycles. The van der Waals surface area contributed by atoms with Crippen LogP contribution < -0.4 is 4.74 Å². The highest BCUT2D eigenvalue weighted by Crippen LogP contribution is 2.34. The second-order valence-corrected chi connectivity index (χ2v) is 7.63. The molecule has 0 aliphatic rings. The Morgan fingerprint density at radius 1 is 1.00 bits per heavy atom. The van der Waals surface area contributed by atoms with E-state index in [1.165, 1.54) is 12.1 Å². The first-order valence-corrected chi connectivity index (χ1v) is 11.4. The van der Waals surface area contributed by atoms with E-state index in [0.717, 1.165) is 28.7 Å². The zero-order valence-corrected chi connectivity index (χ0v) is 20.4. The molecule has 0 unspecified atom stereocenters. The van der Waals surface area contributed by atoms with Gasteiger partial charge in [-0.15, -0.1) is 0 Å². The maximum Gasteiger partial charge on any atom is 0.310 e. The fraction of sp³-hybridized carbons (Fsp3) is 0.286. The average Bonchev–Trinajstić information content (AvgIpc) is 2.88. The summed E-state index contributed by atoms with van der Waals surface area (Å²) in [7, 11) is 1.55. The molecule has 186 valence electrons. The van der Waals surface area contributed by atoms with Gasteiger partial charge in [-0.2, -0.15) is 0 Å². The van der Waals surface area contributed by atoms with Crippen molar-refractivity contribution < 1.29 is 28.6 Å². The van der Waals surface area contributed by atoms with Crippen molar-refractivity contribution in [3.8, 4) is 16.9 Å². The van der Waals surface area contributed by atoms with Crippen molar-refractivity contribution >= 4 is 12.4 Å². The second kappa shape index (κ2) is 14.5. The molecule has 3 rings (SSSR count). The summed E-state index contributed by atoms with van der Waals surface area (Å²) in [6, 6.07) is 19.4. The molecule has 0 heterocycles. The first-order chi connectivity index (χ1) is 16.9. The molecule has 0 aliphatic carbocycles. The number of benzene rings is 3. The van der Waals surface area contributed by atoms with E-state index in [1.54, 1.807) is 37.1 Å². The van der Waals surface area contributed by atoms with Gasteiger partial charge in [0, 0.05) is 18.7 Å². The van der Waals surface area contributed by atoms with Crippen molar-refractivity contribution in [2.75, 3.05) is 20.3 Å². The molecule has 3 aromatic rings. The van der Waals surface area contributed by atoms with Crippen LogP contribution in [0.2, 0.25) is 0 Å². The molecule has 35 heavy (non-hydrogen) atoms. The largest absolute Gasteiger partial charge is 0.496 e. The van der Waals surface area contributed by atoms with Crippen LogP contribution in [0.15, 0.2) is 66.7 Å². The maximum atomic E-state index is 13.8. The van der Waals surface area contributed by atoms with Crippen LogP contribution >= 0.6 is 0 Å². The molecule has 0 atom stereocenters. The van der Waals surface area contributed by atoms with E-state index in [2.05, 4.69) is 0 Å². The van der Waals surface area contributed by atoms with Crippen molar-refractivity contribution in [2.24, 2.45) is 0 Å². The normalized spacial score (nSPS) is 10.1. The zero-order chi connectivity index (χ0) is 25.6. The lowest BCUT2D eigenvalue weighted by molar-refractivity contribution is -0.142. The highest BCUT2D eigenvalue weighted by Gasteiger charge is 2.15. The van der Waals surface area contributed by atoms with E-state index in [4.69, 9.17) is 14.6 Å². The quantitative estimate of drug-likeness (QED) is 0.334. The third-order valence-corrected chi connectivity index (χ3v) is 5.23. The van der Waals surface area contributed by atoms with Gasteiger partial charge in [0.05, 0.1) is 26.7 Å². The summed E-state index contributed by atoms with van der Waals surface area (Å²) in [5.41, 5.74) is 3.88. The van der Waals surface area contributed by atoms with E-state index >= 15 is 0 Å². The number of hydrogen-bond acceptors (Lipinski definition) is 5. The van der Waals surface area contributed by atoms with E-state index in [1.807, 2.05) is 43.3 Å². The number of nitrogens with zero attached hydrogens (tertiary/aromatic N) is 1. The van der Waals surface area contributed by atoms with Crippen molar-refractivity contribution in [3.05, 3.63) is 89.2 Å². The van der Waals surface area contributed by atoms with Crippen molar-refractivity contribution in [2.45, 2.75) is 33.4 Å². The second-order valence-electron chi connectivity index (χ2n) is 7.63. The van der Waals surface area contributed by atoms with Gasteiger partial charge < -0.3 is 19.5 Å². The van der Waals surface area contributed by atoms with Gasteiger partial charge in [0.25, 0.3) is 0 Å². The number of esters is 1. The Morgan fingerprint density at radius 3 is 2.31 bits per heavy atom. The first-order valence-electron chi connectivity index (χ1n) is 11.4. The lowest BCUT2D eigenvalue weighted by Gasteiger charge is -2.19. The molecule has 3 aromatic carbocycles. The Kier molecular flexibility index (Phi) is 11.4. The van der Waals surface area contributed by atoms with Crippen LogP contribution in [0, 0.1) is 5.82 Å². The van der Waals surface area contributed by atoms with Gasteiger partial charge in [0.1, 0.15) is 11.6 Å². The van der Waals surface area contributed by atoms with Gasteiger partial charge in [-0.1, -0.05) is 42.5 Å². The molecule has 1 amide bonds. The molecule has 7 heteroatoms. The monoisotopic (exact) mass is 481 g/mol. The van der Waals surface area contributed by atoms with Gasteiger partial charge in [0.2, 0.25) is 6.41 Å². The van der Waals surface area contributed by atoms with Gasteiger partial charge in [-0.3, -0.25) is 9.59 Å². The number of methoxy groups -OCH3 is 1. The summed E-state index contributed by atoms with van der Waals surface area (Å²) in [6.07, 6.45) is 0.875. The van der Waals surface area contributed by atoms with Gasteiger partial charge in [0.15, 0.2) is 0 Å². The fourth-order valence-electron chi connectivity index (χ4n) is 3.44. The minimum atomic E-state index is -0.377. The molecule has 0 saturated carbocycles. The van der Waals surface area contributed by atoms with Crippen LogP contribution in [0.25, 0.3) is 11.1 Å². The highest BCUT2D eigenvalue weighted by molar-refractivity contribution is 5.77. The van der Waals surface area contributed by atoms with Crippen LogP contribution in [0.3, 0.4) is 0 Å². The third-order valence-electron chi connectivity index (χ3n) is 5.23. The van der Waals surface area contributed by atoms with Crippen LogP contribution in [0.4, 0.5) is 4.39 Å². The van der Waals surface area contributed by atoms with E-state index in [9.17, 15) is 14.0 Å². The Balaban J connectivity index is 0.000000456. The van der Waals surface area contributed by atoms with Crippen molar-refractivity contribution in [1.29, 1.82) is 0 Å². The third kappa shape index (κ3) is 8.54. The minimum absolute atomic E-state index is 0.136. The Labute approximate surface area is 205 Å². The Morgan fingerprint density at radius 2 is 1.74 bits per heavy atom. The number of rotatable bonds is 10. The standard InChI is InChI=1S/C21H24FNO4.C7H8O/c1-4-23(14-24)13-16-12-17(22)7-8-18(16)19-10-15(6-9-20(19)26-3)11-21(25)27-5-2;8-6-7-4-2-1-3-5-7/h6-10,12,14H,4-5,11,13H2,1-3H3;1-5,8H,6H2. The SMILES string of the molecule is CCOC(=O)Cc1ccc(OC)c(-c2ccc(F)cc2CN(C=O)CC)c1.OCc1ccccc1. The van der Waals surface area contributed by atoms with Crippen LogP contribution in [-0.2, 0) is 33.9 Å². The van der Waals surface area contributed by atoms with Crippen LogP contribution in [-0.4, -0.2) is 42.6 Å². The number of aliphatic hydroxyl groups is 1. The zero-order valence-electron chi connectivity index (χ0n) is 20.4. The van der Waals surface area contributed by atoms with Gasteiger partial charge >= 0.3 is 5.97 Å². The summed E-state index contributed by atoms with van der Waals surface area (Å²) in [5, 5.41) is 8.54. The summed E-state index contributed by atoms with van der Waals surface area (Å²) >= 11 is 0. The molecular formula is C28H32FNO5. The van der Waals surface area contributed by atoms with Gasteiger partial charge in [-0.25, -0.2) is 4.39 Å². The maximum absolute atomic E-state index is 13.8. The molecule has 0 fully saturated rings. The fourth-order valence-corrected chi connectivity index (χ4v) is 3.44. The molecule has 0 aliphatic heterocycles. The number of carbonyl (C=O) groups excluding carboxylic acids is 2. The van der Waals surface area contributed by atoms with E-state index < -0.39 is 0 Å². The minimum Gasteiger partial charge on any atom is -0.496 e. The summed E-state index contributed by atoms with van der Waals surface area (Å²) in [6.45, 7) is 4.86. The lowest BCUT2D eigenvalue weighted by atomic mass is 9.96. The number of amides is 1. The van der Waals surface area contributed by atoms with Crippen molar-refractivity contribution in [1.82, 2.24) is 4.90 Å². The summed E-state index contributed by atoms with van der Waals surface area (Å²) < 4.78 is 24.3. The van der Waals surface area contributed by atoms with Crippen molar-refractivity contribution in [3.63, 3.8) is 0 Å². The molecule has 0 radical (unpaired) electrons. The lowest BCUT2D eigenvalue weighted by Crippen LogP contribution is -2.21.